The first kappa shape index (κ1) is 22.5. The van der Waals surface area contributed by atoms with Crippen LogP contribution >= 0.6 is 11.3 Å². The number of aryl methyl sites for hydroxylation is 2. The third-order valence-electron chi connectivity index (χ3n) is 5.52. The molecule has 33 heavy (non-hydrogen) atoms. The van der Waals surface area contributed by atoms with Crippen molar-refractivity contribution in [3.05, 3.63) is 75.8 Å². The Morgan fingerprint density at radius 1 is 1.15 bits per heavy atom. The van der Waals surface area contributed by atoms with Gasteiger partial charge in [0.15, 0.2) is 16.6 Å². The maximum Gasteiger partial charge on any atom is 0.301 e. The molecule has 0 radical (unpaired) electrons. The third-order valence-corrected chi connectivity index (χ3v) is 6.29. The number of nitrogens with zero attached hydrogens (tertiary/aromatic N) is 2. The highest BCUT2D eigenvalue weighted by atomic mass is 32.1. The molecule has 1 saturated heterocycles. The average Bonchev–Trinajstić information content (AvgIpc) is 3.42. The summed E-state index contributed by atoms with van der Waals surface area (Å²) in [5, 5.41) is 13.4. The number of hydrogen-bond donors (Lipinski definition) is 1. The van der Waals surface area contributed by atoms with Gasteiger partial charge >= 0.3 is 5.91 Å². The number of anilines is 1. The number of thiazole rings is 1. The van der Waals surface area contributed by atoms with Gasteiger partial charge in [0.25, 0.3) is 5.78 Å². The number of hydrogen-bond acceptors (Lipinski definition) is 7. The summed E-state index contributed by atoms with van der Waals surface area (Å²) < 4.78 is 11.1. The maximum atomic E-state index is 13.2. The molecule has 0 bridgehead atoms. The van der Waals surface area contributed by atoms with Gasteiger partial charge in [0.1, 0.15) is 5.76 Å². The molecule has 1 aromatic heterocycles. The molecule has 2 heterocycles. The second-order valence-corrected chi connectivity index (χ2v) is 8.52. The molecule has 1 aliphatic heterocycles. The first-order valence-electron chi connectivity index (χ1n) is 10.5. The van der Waals surface area contributed by atoms with E-state index in [0.29, 0.717) is 34.4 Å². The third kappa shape index (κ3) is 3.98. The van der Waals surface area contributed by atoms with Gasteiger partial charge in [0.05, 0.1) is 25.3 Å². The Morgan fingerprint density at radius 3 is 2.61 bits per heavy atom. The van der Waals surface area contributed by atoms with Crippen molar-refractivity contribution in [2.24, 2.45) is 0 Å². The van der Waals surface area contributed by atoms with Crippen LogP contribution in [0.2, 0.25) is 0 Å². The van der Waals surface area contributed by atoms with Crippen LogP contribution in [-0.2, 0) is 9.59 Å². The quantitative estimate of drug-likeness (QED) is 0.320. The van der Waals surface area contributed by atoms with Gasteiger partial charge in [0.2, 0.25) is 0 Å². The van der Waals surface area contributed by atoms with Crippen molar-refractivity contribution in [2.45, 2.75) is 26.8 Å². The summed E-state index contributed by atoms with van der Waals surface area (Å²) in [5.74, 6) is -0.710. The Kier molecular flexibility index (Phi) is 6.20. The fraction of sp³-hybridized carbons (Fsp3) is 0.240. The molecule has 1 atom stereocenters. The van der Waals surface area contributed by atoms with E-state index in [4.69, 9.17) is 9.47 Å². The number of benzene rings is 2. The molecule has 0 aliphatic carbocycles. The summed E-state index contributed by atoms with van der Waals surface area (Å²) in [6.07, 6.45) is 1.57. The van der Waals surface area contributed by atoms with E-state index in [-0.39, 0.29) is 11.3 Å². The Balaban J connectivity index is 1.96. The summed E-state index contributed by atoms with van der Waals surface area (Å²) in [5.41, 5.74) is 2.83. The van der Waals surface area contributed by atoms with Gasteiger partial charge in [0, 0.05) is 17.1 Å². The lowest BCUT2D eigenvalue weighted by Crippen LogP contribution is -2.29. The second-order valence-electron chi connectivity index (χ2n) is 7.65. The normalized spacial score (nSPS) is 17.5. The average molecular weight is 465 g/mol. The molecular formula is C25H24N2O5S. The maximum absolute atomic E-state index is 13.2. The number of carbonyl (C=O) groups excluding carboxylic acids is 2. The van der Waals surface area contributed by atoms with Crippen LogP contribution in [0.1, 0.15) is 35.2 Å². The van der Waals surface area contributed by atoms with E-state index in [1.807, 2.05) is 32.9 Å². The molecule has 1 aliphatic rings. The van der Waals surface area contributed by atoms with Crippen molar-refractivity contribution < 1.29 is 24.2 Å². The van der Waals surface area contributed by atoms with Crippen molar-refractivity contribution in [1.82, 2.24) is 4.98 Å². The Bertz CT molecular complexity index is 1250. The molecule has 3 aromatic rings. The standard InChI is InChI=1S/C25H24N2O5S/c1-5-32-18-9-8-16(13-19(18)31-4)21-20(22(28)17-12-14(2)6-7-15(17)3)23(29)24(30)27(21)25-26-10-11-33-25/h6-13,21,28H,5H2,1-4H3. The fourth-order valence-electron chi connectivity index (χ4n) is 3.95. The zero-order valence-corrected chi connectivity index (χ0v) is 19.6. The highest BCUT2D eigenvalue weighted by Gasteiger charge is 2.48. The number of ether oxygens (including phenoxy) is 2. The molecule has 1 fully saturated rings. The smallest absolute Gasteiger partial charge is 0.301 e. The van der Waals surface area contributed by atoms with E-state index >= 15 is 0 Å². The minimum atomic E-state index is -0.874. The first-order valence-corrected chi connectivity index (χ1v) is 11.3. The fourth-order valence-corrected chi connectivity index (χ4v) is 4.61. The lowest BCUT2D eigenvalue weighted by atomic mass is 9.93. The van der Waals surface area contributed by atoms with Gasteiger partial charge in [-0.3, -0.25) is 14.5 Å². The number of aliphatic hydroxyl groups excluding tert-OH is 1. The predicted octanol–water partition coefficient (Wildman–Crippen LogP) is 4.79. The van der Waals surface area contributed by atoms with Crippen molar-refractivity contribution in [3.63, 3.8) is 0 Å². The predicted molar refractivity (Wildman–Crippen MR) is 127 cm³/mol. The molecule has 170 valence electrons. The highest BCUT2D eigenvalue weighted by Crippen LogP contribution is 2.44. The topological polar surface area (TPSA) is 89.0 Å². The summed E-state index contributed by atoms with van der Waals surface area (Å²) in [4.78, 5) is 32.0. The van der Waals surface area contributed by atoms with Gasteiger partial charge in [-0.15, -0.1) is 11.3 Å². The van der Waals surface area contributed by atoms with E-state index in [1.165, 1.54) is 23.3 Å². The molecule has 0 spiro atoms. The van der Waals surface area contributed by atoms with E-state index < -0.39 is 17.7 Å². The van der Waals surface area contributed by atoms with Crippen molar-refractivity contribution in [1.29, 1.82) is 0 Å². The molecule has 0 saturated carbocycles. The second kappa shape index (κ2) is 9.07. The van der Waals surface area contributed by atoms with Crippen LogP contribution < -0.4 is 14.4 Å². The van der Waals surface area contributed by atoms with Gasteiger partial charge in [-0.25, -0.2) is 4.98 Å². The summed E-state index contributed by atoms with van der Waals surface area (Å²) in [6, 6.07) is 9.94. The molecule has 2 aromatic carbocycles. The van der Waals surface area contributed by atoms with Gasteiger partial charge in [-0.05, 0) is 50.1 Å². The van der Waals surface area contributed by atoms with Crippen molar-refractivity contribution in [3.8, 4) is 11.5 Å². The number of rotatable bonds is 6. The zero-order chi connectivity index (χ0) is 23.7. The molecule has 1 unspecified atom stereocenters. The van der Waals surface area contributed by atoms with Crippen LogP contribution in [0.25, 0.3) is 5.76 Å². The van der Waals surface area contributed by atoms with Crippen LogP contribution in [0.4, 0.5) is 5.13 Å². The number of ketones is 1. The van der Waals surface area contributed by atoms with Crippen LogP contribution in [0.15, 0.2) is 53.5 Å². The Hall–Kier alpha value is -3.65. The largest absolute Gasteiger partial charge is 0.507 e. The number of aromatic nitrogens is 1. The van der Waals surface area contributed by atoms with E-state index in [2.05, 4.69) is 4.98 Å². The summed E-state index contributed by atoms with van der Waals surface area (Å²) >= 11 is 1.24. The SMILES string of the molecule is CCOc1ccc(C2C(=C(O)c3cc(C)ccc3C)C(=O)C(=O)N2c2nccs2)cc1OC. The van der Waals surface area contributed by atoms with Crippen LogP contribution in [-0.4, -0.2) is 35.5 Å². The Labute approximate surface area is 195 Å². The number of amides is 1. The van der Waals surface area contributed by atoms with Crippen molar-refractivity contribution >= 4 is 33.9 Å². The lowest BCUT2D eigenvalue weighted by Gasteiger charge is -2.24. The van der Waals surface area contributed by atoms with E-state index in [1.54, 1.807) is 35.8 Å². The van der Waals surface area contributed by atoms with Crippen LogP contribution in [0.5, 0.6) is 11.5 Å². The first-order chi connectivity index (χ1) is 15.9. The minimum absolute atomic E-state index is 0.00936. The zero-order valence-electron chi connectivity index (χ0n) is 18.8. The summed E-state index contributed by atoms with van der Waals surface area (Å²) in [6.45, 7) is 6.08. The van der Waals surface area contributed by atoms with Crippen LogP contribution in [0.3, 0.4) is 0 Å². The van der Waals surface area contributed by atoms with Gasteiger partial charge in [-0.1, -0.05) is 23.8 Å². The number of aliphatic hydroxyl groups is 1. The highest BCUT2D eigenvalue weighted by molar-refractivity contribution is 7.14. The van der Waals surface area contributed by atoms with Crippen LogP contribution in [0, 0.1) is 13.8 Å². The molecule has 1 N–H and O–H groups in total. The summed E-state index contributed by atoms with van der Waals surface area (Å²) in [7, 11) is 1.52. The number of carbonyl (C=O) groups is 2. The number of Topliss-reactive ketones (excluding diaryl/α,β-unsaturated/α-hetero) is 1. The molecule has 7 nitrogen and oxygen atoms in total. The lowest BCUT2D eigenvalue weighted by molar-refractivity contribution is -0.132. The van der Waals surface area contributed by atoms with Gasteiger partial charge < -0.3 is 14.6 Å². The van der Waals surface area contributed by atoms with Gasteiger partial charge in [-0.2, -0.15) is 0 Å². The molecule has 1 amide bonds. The van der Waals surface area contributed by atoms with E-state index in [0.717, 1.165) is 11.1 Å². The number of methoxy groups -OCH3 is 1. The molecular weight excluding hydrogens is 440 g/mol. The van der Waals surface area contributed by atoms with E-state index in [9.17, 15) is 14.7 Å². The molecule has 8 heteroatoms. The molecule has 4 rings (SSSR count). The van der Waals surface area contributed by atoms with Crippen molar-refractivity contribution in [2.75, 3.05) is 18.6 Å². The Morgan fingerprint density at radius 2 is 1.94 bits per heavy atom. The monoisotopic (exact) mass is 464 g/mol. The minimum Gasteiger partial charge on any atom is -0.507 e.